The van der Waals surface area contributed by atoms with Gasteiger partial charge in [-0.05, 0) is 44.2 Å². The number of hydrogen-bond acceptors (Lipinski definition) is 3. The van der Waals surface area contributed by atoms with Crippen LogP contribution in [0.25, 0.3) is 11.3 Å². The fourth-order valence-electron chi connectivity index (χ4n) is 2.30. The third-order valence-corrected chi connectivity index (χ3v) is 3.64. The molecule has 1 aromatic heterocycles. The summed E-state index contributed by atoms with van der Waals surface area (Å²) in [7, 11) is 0. The van der Waals surface area contributed by atoms with Crippen LogP contribution in [0.4, 0.5) is 5.69 Å². The number of H-pyrrole nitrogens is 1. The van der Waals surface area contributed by atoms with Crippen molar-refractivity contribution in [2.75, 3.05) is 5.32 Å². The second-order valence-electron chi connectivity index (χ2n) is 5.61. The number of aromatic nitrogens is 2. The van der Waals surface area contributed by atoms with E-state index in [0.717, 1.165) is 16.8 Å². The van der Waals surface area contributed by atoms with Crippen LogP contribution in [0.3, 0.4) is 0 Å². The number of nitrogens with one attached hydrogen (secondary N) is 2. The molecule has 2 N–H and O–H groups in total. The zero-order valence-corrected chi connectivity index (χ0v) is 13.6. The highest BCUT2D eigenvalue weighted by Gasteiger charge is 2.15. The first-order chi connectivity index (χ1) is 11.6. The normalized spacial score (nSPS) is 11.8. The summed E-state index contributed by atoms with van der Waals surface area (Å²) in [5, 5.41) is 9.72. The van der Waals surface area contributed by atoms with Crippen LogP contribution in [-0.2, 0) is 4.79 Å². The molecule has 0 radical (unpaired) electrons. The molecule has 3 aromatic rings. The Kier molecular flexibility index (Phi) is 4.61. The van der Waals surface area contributed by atoms with Crippen molar-refractivity contribution in [1.82, 2.24) is 10.2 Å². The van der Waals surface area contributed by atoms with E-state index in [0.29, 0.717) is 11.4 Å². The monoisotopic (exact) mass is 321 g/mol. The standard InChI is InChI=1S/C19H19N3O2/c1-13-6-8-17(9-7-13)24-14(2)19(23)21-16-5-3-4-15(12-16)18-10-11-20-22-18/h3-12,14H,1-2H3,(H,20,22)(H,21,23). The molecule has 0 bridgehead atoms. The maximum atomic E-state index is 12.3. The first-order valence-corrected chi connectivity index (χ1v) is 7.76. The second kappa shape index (κ2) is 7.00. The molecule has 0 saturated carbocycles. The molecule has 122 valence electrons. The number of rotatable bonds is 5. The number of benzene rings is 2. The van der Waals surface area contributed by atoms with E-state index in [-0.39, 0.29) is 5.91 Å². The highest BCUT2D eigenvalue weighted by molar-refractivity contribution is 5.94. The van der Waals surface area contributed by atoms with Crippen molar-refractivity contribution in [3.63, 3.8) is 0 Å². The van der Waals surface area contributed by atoms with E-state index in [1.54, 1.807) is 13.1 Å². The number of aromatic amines is 1. The van der Waals surface area contributed by atoms with E-state index in [4.69, 9.17) is 4.74 Å². The molecule has 0 fully saturated rings. The number of carbonyl (C=O) groups is 1. The van der Waals surface area contributed by atoms with E-state index in [9.17, 15) is 4.79 Å². The van der Waals surface area contributed by atoms with E-state index in [2.05, 4.69) is 15.5 Å². The molecular weight excluding hydrogens is 302 g/mol. The summed E-state index contributed by atoms with van der Waals surface area (Å²) in [4.78, 5) is 12.3. The van der Waals surface area contributed by atoms with Gasteiger partial charge in [0.15, 0.2) is 6.10 Å². The summed E-state index contributed by atoms with van der Waals surface area (Å²) in [6.07, 6.45) is 1.10. The molecule has 1 heterocycles. The second-order valence-corrected chi connectivity index (χ2v) is 5.61. The van der Waals surface area contributed by atoms with Crippen LogP contribution in [0.15, 0.2) is 60.8 Å². The maximum absolute atomic E-state index is 12.3. The van der Waals surface area contributed by atoms with Gasteiger partial charge in [0.1, 0.15) is 5.75 Å². The van der Waals surface area contributed by atoms with Crippen LogP contribution in [0, 0.1) is 6.92 Å². The Morgan fingerprint density at radius 1 is 1.17 bits per heavy atom. The molecule has 5 nitrogen and oxygen atoms in total. The summed E-state index contributed by atoms with van der Waals surface area (Å²) in [5.41, 5.74) is 3.72. The van der Waals surface area contributed by atoms with Gasteiger partial charge in [-0.2, -0.15) is 5.10 Å². The van der Waals surface area contributed by atoms with Crippen LogP contribution in [0.1, 0.15) is 12.5 Å². The largest absolute Gasteiger partial charge is 0.481 e. The lowest BCUT2D eigenvalue weighted by Crippen LogP contribution is -2.30. The molecule has 0 spiro atoms. The Morgan fingerprint density at radius 2 is 1.96 bits per heavy atom. The minimum absolute atomic E-state index is 0.197. The number of anilines is 1. The van der Waals surface area contributed by atoms with Crippen molar-refractivity contribution in [2.24, 2.45) is 0 Å². The Balaban J connectivity index is 1.66. The lowest BCUT2D eigenvalue weighted by Gasteiger charge is -2.15. The zero-order chi connectivity index (χ0) is 16.9. The van der Waals surface area contributed by atoms with Crippen molar-refractivity contribution in [2.45, 2.75) is 20.0 Å². The average molecular weight is 321 g/mol. The smallest absolute Gasteiger partial charge is 0.265 e. The van der Waals surface area contributed by atoms with Crippen molar-refractivity contribution in [3.05, 3.63) is 66.4 Å². The number of carbonyl (C=O) groups excluding carboxylic acids is 1. The highest BCUT2D eigenvalue weighted by Crippen LogP contribution is 2.21. The quantitative estimate of drug-likeness (QED) is 0.751. The highest BCUT2D eigenvalue weighted by atomic mass is 16.5. The predicted octanol–water partition coefficient (Wildman–Crippen LogP) is 3.79. The molecule has 24 heavy (non-hydrogen) atoms. The van der Waals surface area contributed by atoms with E-state index in [1.165, 1.54) is 0 Å². The summed E-state index contributed by atoms with van der Waals surface area (Å²) < 4.78 is 5.68. The van der Waals surface area contributed by atoms with Crippen molar-refractivity contribution >= 4 is 11.6 Å². The average Bonchev–Trinajstić information content (AvgIpc) is 3.12. The number of ether oxygens (including phenoxy) is 1. The van der Waals surface area contributed by atoms with Crippen molar-refractivity contribution < 1.29 is 9.53 Å². The topological polar surface area (TPSA) is 67.0 Å². The molecule has 1 atom stereocenters. The van der Waals surface area contributed by atoms with Gasteiger partial charge in [0, 0.05) is 17.4 Å². The van der Waals surface area contributed by atoms with Crippen LogP contribution in [0.5, 0.6) is 5.75 Å². The van der Waals surface area contributed by atoms with Gasteiger partial charge in [-0.1, -0.05) is 29.8 Å². The molecule has 1 amide bonds. The van der Waals surface area contributed by atoms with Crippen molar-refractivity contribution in [3.8, 4) is 17.0 Å². The van der Waals surface area contributed by atoms with Gasteiger partial charge >= 0.3 is 0 Å². The van der Waals surface area contributed by atoms with E-state index >= 15 is 0 Å². The van der Waals surface area contributed by atoms with Gasteiger partial charge in [0.05, 0.1) is 5.69 Å². The lowest BCUT2D eigenvalue weighted by atomic mass is 10.1. The van der Waals surface area contributed by atoms with Gasteiger partial charge in [0.2, 0.25) is 0 Å². The lowest BCUT2D eigenvalue weighted by molar-refractivity contribution is -0.122. The maximum Gasteiger partial charge on any atom is 0.265 e. The Labute approximate surface area is 140 Å². The number of nitrogens with zero attached hydrogens (tertiary/aromatic N) is 1. The van der Waals surface area contributed by atoms with Gasteiger partial charge in [-0.3, -0.25) is 9.89 Å². The van der Waals surface area contributed by atoms with Crippen LogP contribution in [-0.4, -0.2) is 22.2 Å². The molecule has 0 aliphatic rings. The fraction of sp³-hybridized carbons (Fsp3) is 0.158. The van der Waals surface area contributed by atoms with E-state index in [1.807, 2.05) is 61.5 Å². The molecule has 1 unspecified atom stereocenters. The third-order valence-electron chi connectivity index (χ3n) is 3.64. The van der Waals surface area contributed by atoms with Crippen LogP contribution in [0.2, 0.25) is 0 Å². The van der Waals surface area contributed by atoms with Gasteiger partial charge < -0.3 is 10.1 Å². The van der Waals surface area contributed by atoms with Gasteiger partial charge in [-0.15, -0.1) is 0 Å². The molecular formula is C19H19N3O2. The predicted molar refractivity (Wildman–Crippen MR) is 93.9 cm³/mol. The summed E-state index contributed by atoms with van der Waals surface area (Å²) >= 11 is 0. The SMILES string of the molecule is Cc1ccc(OC(C)C(=O)Nc2cccc(-c3ccn[nH]3)c2)cc1. The van der Waals surface area contributed by atoms with Gasteiger partial charge in [-0.25, -0.2) is 0 Å². The molecule has 0 saturated heterocycles. The number of amides is 1. The zero-order valence-electron chi connectivity index (χ0n) is 13.6. The molecule has 5 heteroatoms. The minimum atomic E-state index is -0.594. The van der Waals surface area contributed by atoms with Crippen molar-refractivity contribution in [1.29, 1.82) is 0 Å². The van der Waals surface area contributed by atoms with E-state index < -0.39 is 6.10 Å². The number of aryl methyl sites for hydroxylation is 1. The molecule has 0 aliphatic heterocycles. The van der Waals surface area contributed by atoms with Crippen LogP contribution < -0.4 is 10.1 Å². The molecule has 0 aliphatic carbocycles. The summed E-state index contributed by atoms with van der Waals surface area (Å²) in [6, 6.07) is 17.1. The Bertz CT molecular complexity index is 811. The fourth-order valence-corrected chi connectivity index (χ4v) is 2.30. The number of hydrogen-bond donors (Lipinski definition) is 2. The Morgan fingerprint density at radius 3 is 2.67 bits per heavy atom. The molecule has 2 aromatic carbocycles. The first kappa shape index (κ1) is 15.8. The van der Waals surface area contributed by atoms with Gasteiger partial charge in [0.25, 0.3) is 5.91 Å². The third kappa shape index (κ3) is 3.81. The van der Waals surface area contributed by atoms with Crippen LogP contribution >= 0.6 is 0 Å². The Hall–Kier alpha value is -3.08. The first-order valence-electron chi connectivity index (χ1n) is 7.76. The summed E-state index contributed by atoms with van der Waals surface area (Å²) in [5.74, 6) is 0.479. The minimum Gasteiger partial charge on any atom is -0.481 e. The summed E-state index contributed by atoms with van der Waals surface area (Å²) in [6.45, 7) is 3.74. The molecule has 3 rings (SSSR count).